The van der Waals surface area contributed by atoms with Gasteiger partial charge >= 0.3 is 0 Å². The first-order chi connectivity index (χ1) is 13.0. The lowest BCUT2D eigenvalue weighted by Crippen LogP contribution is -2.63. The van der Waals surface area contributed by atoms with E-state index in [1.54, 1.807) is 21.3 Å². The maximum atomic E-state index is 6.44. The van der Waals surface area contributed by atoms with Gasteiger partial charge in [0, 0.05) is 38.7 Å². The largest absolute Gasteiger partial charge is 0.382 e. The topological polar surface area (TPSA) is 55.4 Å². The van der Waals surface area contributed by atoms with Crippen LogP contribution in [0.5, 0.6) is 0 Å². The molecule has 6 atom stereocenters. The van der Waals surface area contributed by atoms with E-state index in [0.717, 1.165) is 12.0 Å². The molecule has 2 heterocycles. The van der Waals surface area contributed by atoms with Gasteiger partial charge in [0.2, 0.25) is 0 Å². The summed E-state index contributed by atoms with van der Waals surface area (Å²) in [6, 6.07) is 9.98. The van der Waals surface area contributed by atoms with Gasteiger partial charge in [-0.15, -0.1) is 0 Å². The van der Waals surface area contributed by atoms with Gasteiger partial charge in [-0.25, -0.2) is 0 Å². The summed E-state index contributed by atoms with van der Waals surface area (Å²) in [6.07, 6.45) is -0.239. The van der Waals surface area contributed by atoms with Gasteiger partial charge in [-0.2, -0.15) is 0 Å². The highest BCUT2D eigenvalue weighted by Gasteiger charge is 2.54. The Morgan fingerprint density at radius 3 is 2.48 bits per heavy atom. The molecule has 0 amide bonds. The summed E-state index contributed by atoms with van der Waals surface area (Å²) < 4.78 is 35.5. The molecule has 2 fully saturated rings. The quantitative estimate of drug-likeness (QED) is 0.725. The molecule has 0 N–H and O–H groups in total. The minimum atomic E-state index is -0.402. The van der Waals surface area contributed by atoms with Gasteiger partial charge < -0.3 is 28.4 Å². The van der Waals surface area contributed by atoms with E-state index in [9.17, 15) is 0 Å². The Balaban J connectivity index is 1.76. The van der Waals surface area contributed by atoms with E-state index in [1.165, 1.54) is 0 Å². The predicted molar refractivity (Wildman–Crippen MR) is 101 cm³/mol. The summed E-state index contributed by atoms with van der Waals surface area (Å²) in [6.45, 7) is 5.33. The summed E-state index contributed by atoms with van der Waals surface area (Å²) in [5.74, 6) is 0. The minimum Gasteiger partial charge on any atom is -0.382 e. The molecule has 152 valence electrons. The molecule has 0 saturated carbocycles. The van der Waals surface area contributed by atoms with Crippen molar-refractivity contribution in [3.63, 3.8) is 0 Å². The zero-order valence-electron chi connectivity index (χ0n) is 16.9. The Kier molecular flexibility index (Phi) is 6.89. The molecule has 1 unspecified atom stereocenters. The number of methoxy groups -OCH3 is 3. The second kappa shape index (κ2) is 8.99. The van der Waals surface area contributed by atoms with Crippen molar-refractivity contribution in [1.29, 1.82) is 0 Å². The van der Waals surface area contributed by atoms with Crippen LogP contribution >= 0.6 is 0 Å². The molecule has 6 heteroatoms. The van der Waals surface area contributed by atoms with Crippen LogP contribution in [0.4, 0.5) is 0 Å². The van der Waals surface area contributed by atoms with Crippen LogP contribution in [0.3, 0.4) is 0 Å². The van der Waals surface area contributed by atoms with Crippen LogP contribution in [0, 0.1) is 5.41 Å². The van der Waals surface area contributed by atoms with Gasteiger partial charge in [-0.3, -0.25) is 0 Å². The van der Waals surface area contributed by atoms with Gasteiger partial charge in [0.05, 0.1) is 31.5 Å². The number of fused-ring (bicyclic) bond motifs is 1. The fourth-order valence-electron chi connectivity index (χ4n) is 4.16. The van der Waals surface area contributed by atoms with Crippen LogP contribution < -0.4 is 0 Å². The first-order valence-corrected chi connectivity index (χ1v) is 9.53. The number of hydrogen-bond acceptors (Lipinski definition) is 6. The third kappa shape index (κ3) is 4.36. The summed E-state index contributed by atoms with van der Waals surface area (Å²) in [7, 11) is 5.12. The normalized spacial score (nSPS) is 34.0. The molecule has 0 aromatic heterocycles. The van der Waals surface area contributed by atoms with Crippen LogP contribution in [-0.4, -0.2) is 65.1 Å². The highest BCUT2D eigenvalue weighted by atomic mass is 16.7. The van der Waals surface area contributed by atoms with Crippen molar-refractivity contribution in [1.82, 2.24) is 0 Å². The number of benzene rings is 1. The lowest BCUT2D eigenvalue weighted by atomic mass is 9.72. The number of hydrogen-bond donors (Lipinski definition) is 0. The minimum absolute atomic E-state index is 0.0316. The monoisotopic (exact) mass is 380 g/mol. The van der Waals surface area contributed by atoms with E-state index >= 15 is 0 Å². The van der Waals surface area contributed by atoms with Gasteiger partial charge in [0.1, 0.15) is 12.2 Å². The molecular formula is C21H32O6. The molecule has 2 aliphatic heterocycles. The van der Waals surface area contributed by atoms with E-state index in [0.29, 0.717) is 13.2 Å². The van der Waals surface area contributed by atoms with Crippen molar-refractivity contribution in [2.24, 2.45) is 5.41 Å². The van der Waals surface area contributed by atoms with E-state index in [2.05, 4.69) is 13.8 Å². The Bertz CT molecular complexity index is 577. The molecule has 0 bridgehead atoms. The van der Waals surface area contributed by atoms with Gasteiger partial charge in [0.15, 0.2) is 6.29 Å². The zero-order chi connectivity index (χ0) is 19.4. The van der Waals surface area contributed by atoms with Crippen molar-refractivity contribution >= 4 is 0 Å². The van der Waals surface area contributed by atoms with E-state index < -0.39 is 6.29 Å². The third-order valence-corrected chi connectivity index (χ3v) is 5.75. The highest BCUT2D eigenvalue weighted by molar-refractivity contribution is 5.17. The highest BCUT2D eigenvalue weighted by Crippen LogP contribution is 2.44. The maximum Gasteiger partial charge on any atom is 0.184 e. The zero-order valence-corrected chi connectivity index (χ0v) is 16.9. The van der Waals surface area contributed by atoms with Gasteiger partial charge in [0.25, 0.3) is 0 Å². The SMILES string of the molecule is COC[C@H](C[C@H]1O[C@@H]2COC(c3ccccc3)O[C@@H]2[C@@H](OC)C1(C)C)OC. The van der Waals surface area contributed by atoms with E-state index in [4.69, 9.17) is 28.4 Å². The van der Waals surface area contributed by atoms with Crippen molar-refractivity contribution < 1.29 is 28.4 Å². The van der Waals surface area contributed by atoms with Crippen LogP contribution in [-0.2, 0) is 28.4 Å². The number of ether oxygens (including phenoxy) is 6. The smallest absolute Gasteiger partial charge is 0.184 e. The maximum absolute atomic E-state index is 6.44. The first-order valence-electron chi connectivity index (χ1n) is 9.53. The molecule has 0 aliphatic carbocycles. The summed E-state index contributed by atoms with van der Waals surface area (Å²) >= 11 is 0. The Morgan fingerprint density at radius 1 is 1.11 bits per heavy atom. The van der Waals surface area contributed by atoms with Crippen LogP contribution in [0.15, 0.2) is 30.3 Å². The standard InChI is InChI=1S/C21H32O6/c1-21(2)17(11-15(23-4)12-22-3)26-16-13-25-20(14-9-7-6-8-10-14)27-18(16)19(21)24-5/h6-10,15-20H,11-13H2,1-5H3/t15-,16+,17+,18-,19+,20?/m0/s1. The van der Waals surface area contributed by atoms with Gasteiger partial charge in [-0.05, 0) is 0 Å². The molecular weight excluding hydrogens is 348 g/mol. The third-order valence-electron chi connectivity index (χ3n) is 5.75. The van der Waals surface area contributed by atoms with Crippen LogP contribution in [0.1, 0.15) is 32.1 Å². The Labute approximate surface area is 162 Å². The second-order valence-corrected chi connectivity index (χ2v) is 7.87. The molecule has 6 nitrogen and oxygen atoms in total. The molecule has 1 aromatic carbocycles. The average molecular weight is 380 g/mol. The van der Waals surface area contributed by atoms with E-state index in [-0.39, 0.29) is 35.9 Å². The fourth-order valence-corrected chi connectivity index (χ4v) is 4.16. The lowest BCUT2D eigenvalue weighted by Gasteiger charge is -2.53. The van der Waals surface area contributed by atoms with Crippen molar-refractivity contribution in [2.75, 3.05) is 34.5 Å². The number of rotatable bonds is 7. The van der Waals surface area contributed by atoms with Crippen molar-refractivity contribution in [3.05, 3.63) is 35.9 Å². The lowest BCUT2D eigenvalue weighted by molar-refractivity contribution is -0.339. The van der Waals surface area contributed by atoms with Crippen LogP contribution in [0.25, 0.3) is 0 Å². The first kappa shape index (κ1) is 20.7. The molecule has 2 saturated heterocycles. The molecule has 2 aliphatic rings. The summed E-state index contributed by atoms with van der Waals surface area (Å²) in [4.78, 5) is 0. The summed E-state index contributed by atoms with van der Waals surface area (Å²) in [5, 5.41) is 0. The Hall–Kier alpha value is -1.02. The fraction of sp³-hybridized carbons (Fsp3) is 0.714. The average Bonchev–Trinajstić information content (AvgIpc) is 2.68. The van der Waals surface area contributed by atoms with Crippen LogP contribution in [0.2, 0.25) is 0 Å². The molecule has 27 heavy (non-hydrogen) atoms. The molecule has 0 spiro atoms. The predicted octanol–water partition coefficient (Wildman–Crippen LogP) is 2.96. The van der Waals surface area contributed by atoms with E-state index in [1.807, 2.05) is 30.3 Å². The molecule has 0 radical (unpaired) electrons. The van der Waals surface area contributed by atoms with Gasteiger partial charge in [-0.1, -0.05) is 44.2 Å². The Morgan fingerprint density at radius 2 is 1.85 bits per heavy atom. The van der Waals surface area contributed by atoms with Crippen molar-refractivity contribution in [2.45, 2.75) is 57.1 Å². The van der Waals surface area contributed by atoms with Crippen molar-refractivity contribution in [3.8, 4) is 0 Å². The summed E-state index contributed by atoms with van der Waals surface area (Å²) in [5.41, 5.74) is 0.754. The molecule has 1 aromatic rings. The second-order valence-electron chi connectivity index (χ2n) is 7.87. The molecule has 3 rings (SSSR count).